The van der Waals surface area contributed by atoms with Gasteiger partial charge in [0, 0.05) is 6.54 Å². The van der Waals surface area contributed by atoms with Crippen LogP contribution in [0.1, 0.15) is 12.5 Å². The lowest BCUT2D eigenvalue weighted by Gasteiger charge is -2.22. The molecule has 0 radical (unpaired) electrons. The van der Waals surface area contributed by atoms with E-state index >= 15 is 0 Å². The molecule has 0 saturated carbocycles. The summed E-state index contributed by atoms with van der Waals surface area (Å²) < 4.78 is 60.4. The van der Waals surface area contributed by atoms with E-state index in [-0.39, 0.29) is 12.3 Å². The van der Waals surface area contributed by atoms with Gasteiger partial charge in [-0.25, -0.2) is 8.42 Å². The molecule has 1 rings (SSSR count). The highest BCUT2D eigenvalue weighted by Gasteiger charge is 2.35. The molecule has 0 amide bonds. The smallest absolute Gasteiger partial charge is 0.212 e. The van der Waals surface area contributed by atoms with Crippen molar-refractivity contribution in [1.29, 1.82) is 0 Å². The summed E-state index contributed by atoms with van der Waals surface area (Å²) in [4.78, 5) is 0. The third-order valence-corrected chi connectivity index (χ3v) is 4.56. The summed E-state index contributed by atoms with van der Waals surface area (Å²) in [6.07, 6.45) is -4.53. The molecule has 0 fully saturated rings. The fourth-order valence-electron chi connectivity index (χ4n) is 1.22. The van der Waals surface area contributed by atoms with Crippen LogP contribution in [-0.2, 0) is 16.6 Å². The van der Waals surface area contributed by atoms with Gasteiger partial charge in [0.05, 0.1) is 5.75 Å². The van der Waals surface area contributed by atoms with Crippen molar-refractivity contribution in [3.05, 3.63) is 22.4 Å². The van der Waals surface area contributed by atoms with Gasteiger partial charge in [0.25, 0.3) is 0 Å². The van der Waals surface area contributed by atoms with Gasteiger partial charge in [0.1, 0.15) is 6.54 Å². The van der Waals surface area contributed by atoms with Crippen LogP contribution in [0.15, 0.2) is 16.8 Å². The molecule has 3 nitrogen and oxygen atoms in total. The van der Waals surface area contributed by atoms with Crippen LogP contribution in [0.5, 0.6) is 0 Å². The highest BCUT2D eigenvalue weighted by Crippen LogP contribution is 2.21. The molecule has 0 saturated heterocycles. The maximum atomic E-state index is 12.3. The molecule has 0 N–H and O–H groups in total. The number of rotatable bonds is 5. The standard InChI is InChI=1S/C9H12F3NO2S2/c1-2-17(14,15)13(7-9(10,11)12)5-8-3-4-16-6-8/h3-4,6H,2,5,7H2,1H3. The minimum Gasteiger partial charge on any atom is -0.212 e. The summed E-state index contributed by atoms with van der Waals surface area (Å²) in [5.41, 5.74) is 0.566. The van der Waals surface area contributed by atoms with E-state index in [1.807, 2.05) is 0 Å². The first kappa shape index (κ1) is 14.5. The van der Waals surface area contributed by atoms with Crippen molar-refractivity contribution in [2.45, 2.75) is 19.6 Å². The number of alkyl halides is 3. The number of nitrogens with zero attached hydrogens (tertiary/aromatic N) is 1. The molecule has 0 spiro atoms. The van der Waals surface area contributed by atoms with E-state index in [1.165, 1.54) is 18.3 Å². The lowest BCUT2D eigenvalue weighted by Crippen LogP contribution is -2.39. The first-order chi connectivity index (χ1) is 7.74. The minimum atomic E-state index is -4.53. The molecule has 0 atom stereocenters. The third kappa shape index (κ3) is 4.64. The molecule has 0 unspecified atom stereocenters. The van der Waals surface area contributed by atoms with Crippen LogP contribution in [0.3, 0.4) is 0 Å². The van der Waals surface area contributed by atoms with Gasteiger partial charge in [0.15, 0.2) is 0 Å². The van der Waals surface area contributed by atoms with E-state index in [2.05, 4.69) is 0 Å². The number of thiophene rings is 1. The number of halogens is 3. The van der Waals surface area contributed by atoms with Crippen LogP contribution in [0, 0.1) is 0 Å². The Kier molecular flexibility index (Phi) is 4.56. The van der Waals surface area contributed by atoms with Crippen molar-refractivity contribution in [2.24, 2.45) is 0 Å². The van der Waals surface area contributed by atoms with Gasteiger partial charge in [-0.15, -0.1) is 0 Å². The predicted molar refractivity (Wildman–Crippen MR) is 60.2 cm³/mol. The van der Waals surface area contributed by atoms with Crippen molar-refractivity contribution in [1.82, 2.24) is 4.31 Å². The average molecular weight is 287 g/mol. The first-order valence-electron chi connectivity index (χ1n) is 4.80. The van der Waals surface area contributed by atoms with E-state index in [0.717, 1.165) is 0 Å². The molecule has 17 heavy (non-hydrogen) atoms. The molecule has 0 aliphatic carbocycles. The Hall–Kier alpha value is -0.600. The second-order valence-corrected chi connectivity index (χ2v) is 6.45. The van der Waals surface area contributed by atoms with E-state index < -0.39 is 22.7 Å². The van der Waals surface area contributed by atoms with Gasteiger partial charge in [-0.1, -0.05) is 0 Å². The van der Waals surface area contributed by atoms with Crippen molar-refractivity contribution in [3.63, 3.8) is 0 Å². The van der Waals surface area contributed by atoms with Crippen molar-refractivity contribution >= 4 is 21.4 Å². The number of hydrogen-bond donors (Lipinski definition) is 0. The number of hydrogen-bond acceptors (Lipinski definition) is 3. The Morgan fingerprint density at radius 3 is 2.47 bits per heavy atom. The van der Waals surface area contributed by atoms with E-state index in [0.29, 0.717) is 9.87 Å². The monoisotopic (exact) mass is 287 g/mol. The SMILES string of the molecule is CCS(=O)(=O)N(Cc1ccsc1)CC(F)(F)F. The molecular weight excluding hydrogens is 275 g/mol. The zero-order valence-electron chi connectivity index (χ0n) is 9.07. The zero-order valence-corrected chi connectivity index (χ0v) is 10.7. The Morgan fingerprint density at radius 2 is 2.06 bits per heavy atom. The van der Waals surface area contributed by atoms with Gasteiger partial charge in [0.2, 0.25) is 10.0 Å². The van der Waals surface area contributed by atoms with Crippen molar-refractivity contribution in [3.8, 4) is 0 Å². The highest BCUT2D eigenvalue weighted by atomic mass is 32.2. The van der Waals surface area contributed by atoms with Crippen LogP contribution >= 0.6 is 11.3 Å². The Balaban J connectivity index is 2.87. The molecule has 98 valence electrons. The van der Waals surface area contributed by atoms with Crippen molar-refractivity contribution < 1.29 is 21.6 Å². The second-order valence-electron chi connectivity index (χ2n) is 3.42. The minimum absolute atomic E-state index is 0.237. The van der Waals surface area contributed by atoms with Crippen LogP contribution in [0.2, 0.25) is 0 Å². The zero-order chi connectivity index (χ0) is 13.1. The quantitative estimate of drug-likeness (QED) is 0.834. The molecule has 1 aromatic rings. The van der Waals surface area contributed by atoms with Gasteiger partial charge in [-0.3, -0.25) is 0 Å². The fraction of sp³-hybridized carbons (Fsp3) is 0.556. The largest absolute Gasteiger partial charge is 0.402 e. The number of sulfonamides is 1. The molecule has 0 aliphatic rings. The molecule has 0 aliphatic heterocycles. The van der Waals surface area contributed by atoms with Crippen LogP contribution in [-0.4, -0.2) is 31.2 Å². The summed E-state index contributed by atoms with van der Waals surface area (Å²) in [6, 6.07) is 1.61. The lowest BCUT2D eigenvalue weighted by atomic mass is 10.3. The Labute approximate surface area is 102 Å². The van der Waals surface area contributed by atoms with Gasteiger partial charge < -0.3 is 0 Å². The maximum absolute atomic E-state index is 12.3. The lowest BCUT2D eigenvalue weighted by molar-refractivity contribution is -0.136. The van der Waals surface area contributed by atoms with Gasteiger partial charge in [-0.05, 0) is 29.3 Å². The average Bonchev–Trinajstić information content (AvgIpc) is 2.67. The molecular formula is C9H12F3NO2S2. The Bertz CT molecular complexity index is 439. The van der Waals surface area contributed by atoms with E-state index in [1.54, 1.807) is 16.8 Å². The second kappa shape index (κ2) is 5.36. The molecule has 1 heterocycles. The summed E-state index contributed by atoms with van der Waals surface area (Å²) in [5.74, 6) is -0.340. The van der Waals surface area contributed by atoms with Crippen molar-refractivity contribution in [2.75, 3.05) is 12.3 Å². The Morgan fingerprint density at radius 1 is 1.41 bits per heavy atom. The first-order valence-corrected chi connectivity index (χ1v) is 7.35. The van der Waals surface area contributed by atoms with Gasteiger partial charge >= 0.3 is 6.18 Å². The van der Waals surface area contributed by atoms with Crippen LogP contribution in [0.25, 0.3) is 0 Å². The topological polar surface area (TPSA) is 37.4 Å². The normalized spacial score (nSPS) is 13.2. The molecule has 0 aromatic carbocycles. The van der Waals surface area contributed by atoms with Crippen LogP contribution < -0.4 is 0 Å². The summed E-state index contributed by atoms with van der Waals surface area (Å²) >= 11 is 1.32. The fourth-order valence-corrected chi connectivity index (χ4v) is 2.94. The molecule has 0 bridgehead atoms. The third-order valence-electron chi connectivity index (χ3n) is 2.05. The maximum Gasteiger partial charge on any atom is 0.402 e. The van der Waals surface area contributed by atoms with Gasteiger partial charge in [-0.2, -0.15) is 28.8 Å². The molecule has 1 aromatic heterocycles. The summed E-state index contributed by atoms with van der Waals surface area (Å²) in [7, 11) is -3.85. The van der Waals surface area contributed by atoms with Crippen LogP contribution in [0.4, 0.5) is 13.2 Å². The predicted octanol–water partition coefficient (Wildman–Crippen LogP) is 2.46. The van der Waals surface area contributed by atoms with E-state index in [9.17, 15) is 21.6 Å². The highest BCUT2D eigenvalue weighted by molar-refractivity contribution is 7.89. The summed E-state index contributed by atoms with van der Waals surface area (Å²) in [5, 5.41) is 3.33. The summed E-state index contributed by atoms with van der Waals surface area (Å²) in [6.45, 7) is -0.357. The molecule has 8 heteroatoms. The van der Waals surface area contributed by atoms with E-state index in [4.69, 9.17) is 0 Å².